The summed E-state index contributed by atoms with van der Waals surface area (Å²) in [4.78, 5) is 15.0. The summed E-state index contributed by atoms with van der Waals surface area (Å²) < 4.78 is 15.3. The maximum atomic E-state index is 15.3. The molecule has 1 fully saturated rings. The fourth-order valence-electron chi connectivity index (χ4n) is 4.75. The average Bonchev–Trinajstić information content (AvgIpc) is 3.02. The van der Waals surface area contributed by atoms with Crippen molar-refractivity contribution < 1.29 is 9.50 Å². The van der Waals surface area contributed by atoms with Crippen LogP contribution in [-0.4, -0.2) is 50.4 Å². The summed E-state index contributed by atoms with van der Waals surface area (Å²) in [6, 6.07) is 5.11. The number of aromatic hydroxyl groups is 1. The Hall–Kier alpha value is -3.06. The lowest BCUT2D eigenvalue weighted by molar-refractivity contribution is 0.100. The number of phenols is 1. The van der Waals surface area contributed by atoms with Gasteiger partial charge in [0.1, 0.15) is 17.7 Å². The number of aromatic nitrogens is 3. The molecule has 1 saturated heterocycles. The highest BCUT2D eigenvalue weighted by molar-refractivity contribution is 5.89. The Bertz CT molecular complexity index is 1150. The Morgan fingerprint density at radius 2 is 1.97 bits per heavy atom. The molecule has 0 radical (unpaired) electrons. The van der Waals surface area contributed by atoms with Gasteiger partial charge < -0.3 is 10.0 Å². The van der Waals surface area contributed by atoms with E-state index < -0.39 is 11.7 Å². The summed E-state index contributed by atoms with van der Waals surface area (Å²) >= 11 is 0. The first-order valence-electron chi connectivity index (χ1n) is 10.0. The van der Waals surface area contributed by atoms with E-state index in [1.165, 1.54) is 0 Å². The van der Waals surface area contributed by atoms with Crippen molar-refractivity contribution in [1.82, 2.24) is 20.3 Å². The molecule has 2 aromatic heterocycles. The monoisotopic (exact) mass is 405 g/mol. The molecule has 4 heterocycles. The predicted molar refractivity (Wildman–Crippen MR) is 115 cm³/mol. The van der Waals surface area contributed by atoms with E-state index in [-0.39, 0.29) is 17.3 Å². The highest BCUT2D eigenvalue weighted by atomic mass is 19.1. The molecule has 0 aliphatic carbocycles. The topological polar surface area (TPSA) is 74.2 Å². The van der Waals surface area contributed by atoms with Crippen molar-refractivity contribution in [2.45, 2.75) is 43.6 Å². The Balaban J connectivity index is 1.44. The van der Waals surface area contributed by atoms with Gasteiger partial charge in [0, 0.05) is 35.9 Å². The van der Waals surface area contributed by atoms with E-state index in [2.05, 4.69) is 33.3 Å². The van der Waals surface area contributed by atoms with Gasteiger partial charge in [-0.1, -0.05) is 12.2 Å². The second kappa shape index (κ2) is 6.47. The number of halogens is 1. The van der Waals surface area contributed by atoms with Crippen molar-refractivity contribution >= 4 is 16.6 Å². The molecule has 2 aliphatic rings. The normalized spacial score (nSPS) is 30.0. The van der Waals surface area contributed by atoms with E-state index >= 15 is 4.39 Å². The van der Waals surface area contributed by atoms with Gasteiger partial charge in [-0.2, -0.15) is 0 Å². The first-order valence-corrected chi connectivity index (χ1v) is 10.0. The van der Waals surface area contributed by atoms with Crippen LogP contribution in [0.25, 0.3) is 22.0 Å². The van der Waals surface area contributed by atoms with Crippen LogP contribution in [0.1, 0.15) is 20.3 Å². The molecular formula is C23H24FN5O. The molecule has 5 rings (SSSR count). The zero-order valence-electron chi connectivity index (χ0n) is 17.2. The highest BCUT2D eigenvalue weighted by Gasteiger charge is 2.53. The molecule has 0 spiro atoms. The molecule has 2 N–H and O–H groups in total. The summed E-state index contributed by atoms with van der Waals surface area (Å²) in [7, 11) is 1.86. The van der Waals surface area contributed by atoms with E-state index in [1.807, 2.05) is 37.1 Å². The zero-order valence-corrected chi connectivity index (χ0v) is 17.2. The van der Waals surface area contributed by atoms with Gasteiger partial charge in [-0.25, -0.2) is 9.37 Å². The summed E-state index contributed by atoms with van der Waals surface area (Å²) in [6.45, 7) is 3.99. The van der Waals surface area contributed by atoms with Crippen LogP contribution in [0.5, 0.6) is 5.75 Å². The van der Waals surface area contributed by atoms with Gasteiger partial charge in [0.15, 0.2) is 0 Å². The van der Waals surface area contributed by atoms with Crippen LogP contribution in [0, 0.1) is 0 Å². The van der Waals surface area contributed by atoms with Crippen LogP contribution in [0.15, 0.2) is 55.1 Å². The third-order valence-corrected chi connectivity index (χ3v) is 6.42. The lowest BCUT2D eigenvalue weighted by Gasteiger charge is -2.47. The smallest absolute Gasteiger partial charge is 0.147 e. The number of nitrogens with zero attached hydrogens (tertiary/aromatic N) is 4. The minimum Gasteiger partial charge on any atom is -0.507 e. The van der Waals surface area contributed by atoms with Crippen LogP contribution >= 0.6 is 0 Å². The van der Waals surface area contributed by atoms with Crippen molar-refractivity contribution in [3.8, 4) is 17.0 Å². The standard InChI is InChI=1S/C23H24FN5O/c1-22-5-6-23(2,28-22)21(24)18(10-22)29(3)20-13-26-17(12-27-20)16-8-14-4-7-25-11-15(14)9-19(16)30/h4-9,11-13,18,21,28,30H,10H2,1-3H3/t18-,21+,22-,23+/m0/s1. The highest BCUT2D eigenvalue weighted by Crippen LogP contribution is 2.41. The maximum absolute atomic E-state index is 15.3. The molecule has 0 saturated carbocycles. The van der Waals surface area contributed by atoms with Crippen molar-refractivity contribution in [2.75, 3.05) is 11.9 Å². The predicted octanol–water partition coefficient (Wildman–Crippen LogP) is 3.62. The number of piperidine rings is 1. The van der Waals surface area contributed by atoms with Gasteiger partial charge in [-0.3, -0.25) is 15.3 Å². The van der Waals surface area contributed by atoms with Crippen LogP contribution < -0.4 is 10.2 Å². The molecule has 2 bridgehead atoms. The summed E-state index contributed by atoms with van der Waals surface area (Å²) in [6.07, 6.45) is 10.3. The van der Waals surface area contributed by atoms with Crippen molar-refractivity contribution in [3.63, 3.8) is 0 Å². The van der Waals surface area contributed by atoms with Crippen LogP contribution in [0.2, 0.25) is 0 Å². The molecule has 154 valence electrons. The number of anilines is 1. The first kappa shape index (κ1) is 18.9. The van der Waals surface area contributed by atoms with Gasteiger partial charge in [0.25, 0.3) is 0 Å². The maximum Gasteiger partial charge on any atom is 0.147 e. The summed E-state index contributed by atoms with van der Waals surface area (Å²) in [5.41, 5.74) is 0.259. The molecule has 30 heavy (non-hydrogen) atoms. The molecule has 0 unspecified atom stereocenters. The molecule has 1 aromatic carbocycles. The Morgan fingerprint density at radius 1 is 1.13 bits per heavy atom. The largest absolute Gasteiger partial charge is 0.507 e. The van der Waals surface area contributed by atoms with Crippen molar-refractivity contribution in [1.29, 1.82) is 0 Å². The van der Waals surface area contributed by atoms with Gasteiger partial charge in [-0.05, 0) is 43.9 Å². The fourth-order valence-corrected chi connectivity index (χ4v) is 4.75. The Morgan fingerprint density at radius 3 is 2.73 bits per heavy atom. The first-order chi connectivity index (χ1) is 14.3. The number of phenolic OH excluding ortho intramolecular Hbond substituents is 1. The number of pyridine rings is 1. The molecule has 2 aliphatic heterocycles. The molecule has 0 amide bonds. The van der Waals surface area contributed by atoms with E-state index in [9.17, 15) is 5.11 Å². The lowest BCUT2D eigenvalue weighted by atomic mass is 9.81. The van der Waals surface area contributed by atoms with Crippen LogP contribution in [0.4, 0.5) is 10.2 Å². The van der Waals surface area contributed by atoms with Crippen LogP contribution in [-0.2, 0) is 0 Å². The van der Waals surface area contributed by atoms with E-state index in [0.717, 1.165) is 10.8 Å². The lowest BCUT2D eigenvalue weighted by Crippen LogP contribution is -2.66. The third-order valence-electron chi connectivity index (χ3n) is 6.42. The zero-order chi connectivity index (χ0) is 21.1. The van der Waals surface area contributed by atoms with E-state index in [0.29, 0.717) is 23.5 Å². The van der Waals surface area contributed by atoms with E-state index in [1.54, 1.807) is 30.9 Å². The number of hydrogen-bond acceptors (Lipinski definition) is 6. The second-order valence-corrected chi connectivity index (χ2v) is 8.79. The Kier molecular flexibility index (Phi) is 4.08. The average molecular weight is 405 g/mol. The quantitative estimate of drug-likeness (QED) is 0.649. The number of alkyl halides is 1. The third kappa shape index (κ3) is 2.92. The Labute approximate surface area is 174 Å². The minimum absolute atomic E-state index is 0.122. The molecule has 3 aromatic rings. The SMILES string of the molecule is CN(c1cnc(-c2cc3ccncc3cc2O)cn1)[C@H]1C[C@]2(C)C=C[C@@](C)(N2)[C@@H]1F. The van der Waals surface area contributed by atoms with Crippen molar-refractivity contribution in [2.24, 2.45) is 0 Å². The van der Waals surface area contributed by atoms with Gasteiger partial charge in [0.05, 0.1) is 29.7 Å². The summed E-state index contributed by atoms with van der Waals surface area (Å²) in [5, 5.41) is 15.6. The fraction of sp³-hybridized carbons (Fsp3) is 0.348. The van der Waals surface area contributed by atoms with Crippen LogP contribution in [0.3, 0.4) is 0 Å². The molecule has 4 atom stereocenters. The number of rotatable bonds is 3. The number of benzene rings is 1. The molecular weight excluding hydrogens is 381 g/mol. The minimum atomic E-state index is -1.08. The summed E-state index contributed by atoms with van der Waals surface area (Å²) in [5.74, 6) is 0.723. The van der Waals surface area contributed by atoms with Crippen molar-refractivity contribution in [3.05, 3.63) is 55.1 Å². The molecule has 6 nitrogen and oxygen atoms in total. The second-order valence-electron chi connectivity index (χ2n) is 8.79. The molecule has 7 heteroatoms. The van der Waals surface area contributed by atoms with Gasteiger partial charge in [0.2, 0.25) is 0 Å². The number of nitrogens with one attached hydrogen (secondary N) is 1. The number of hydrogen-bond donors (Lipinski definition) is 2. The number of fused-ring (bicyclic) bond motifs is 3. The van der Waals surface area contributed by atoms with Gasteiger partial charge >= 0.3 is 0 Å². The van der Waals surface area contributed by atoms with Gasteiger partial charge in [-0.15, -0.1) is 0 Å². The van der Waals surface area contributed by atoms with E-state index in [4.69, 9.17) is 0 Å².